The van der Waals surface area contributed by atoms with Crippen LogP contribution in [0.1, 0.15) is 25.8 Å². The number of aromatic nitrogens is 1. The molecular formula is C17H22N2O5. The van der Waals surface area contributed by atoms with Crippen LogP contribution in [0.5, 0.6) is 0 Å². The fraction of sp³-hybridized carbons (Fsp3) is 0.412. The third-order valence-electron chi connectivity index (χ3n) is 3.42. The summed E-state index contributed by atoms with van der Waals surface area (Å²) in [5.41, 5.74) is 0.935. The van der Waals surface area contributed by atoms with Crippen molar-refractivity contribution in [3.63, 3.8) is 0 Å². The normalized spacial score (nSPS) is 11.2. The molecule has 0 aliphatic rings. The fourth-order valence-electron chi connectivity index (χ4n) is 2.30. The van der Waals surface area contributed by atoms with Crippen LogP contribution in [0.3, 0.4) is 0 Å². The quantitative estimate of drug-likeness (QED) is 0.602. The molecule has 1 heterocycles. The number of benzene rings is 1. The van der Waals surface area contributed by atoms with Crippen LogP contribution in [-0.4, -0.2) is 42.2 Å². The van der Waals surface area contributed by atoms with E-state index in [0.29, 0.717) is 30.0 Å². The van der Waals surface area contributed by atoms with Crippen molar-refractivity contribution in [2.45, 2.75) is 20.1 Å². The number of pyridine rings is 1. The van der Waals surface area contributed by atoms with Crippen LogP contribution in [0.25, 0.3) is 10.8 Å². The third kappa shape index (κ3) is 4.41. The Labute approximate surface area is 139 Å². The lowest BCUT2D eigenvalue weighted by Crippen LogP contribution is -2.18. The standard InChI is InChI=1S/C17H22N2O5/c1-3-23-17(24-4-2)15-7-11-5-6-12(18-9-13(21)10-20)8-14(11)16(22)19-15/h5-8,17-18,20H,3-4,9-10H2,1-2H3,(H,19,22). The van der Waals surface area contributed by atoms with Gasteiger partial charge in [-0.3, -0.25) is 9.59 Å². The average Bonchev–Trinajstić information content (AvgIpc) is 2.59. The number of nitrogens with one attached hydrogen (secondary N) is 2. The van der Waals surface area contributed by atoms with Crippen LogP contribution >= 0.6 is 0 Å². The summed E-state index contributed by atoms with van der Waals surface area (Å²) < 4.78 is 11.0. The van der Waals surface area contributed by atoms with Gasteiger partial charge < -0.3 is 24.9 Å². The molecule has 2 aromatic rings. The summed E-state index contributed by atoms with van der Waals surface area (Å²) in [7, 11) is 0. The number of hydrogen-bond acceptors (Lipinski definition) is 6. The first-order valence-electron chi connectivity index (χ1n) is 7.85. The van der Waals surface area contributed by atoms with Crippen LogP contribution < -0.4 is 10.9 Å². The summed E-state index contributed by atoms with van der Waals surface area (Å²) in [6.45, 7) is 4.14. The van der Waals surface area contributed by atoms with E-state index >= 15 is 0 Å². The van der Waals surface area contributed by atoms with Crippen molar-refractivity contribution in [3.8, 4) is 0 Å². The number of H-pyrrole nitrogens is 1. The van der Waals surface area contributed by atoms with Gasteiger partial charge in [0.2, 0.25) is 0 Å². The first-order chi connectivity index (χ1) is 11.6. The molecule has 7 heteroatoms. The molecule has 0 unspecified atom stereocenters. The summed E-state index contributed by atoms with van der Waals surface area (Å²) in [5, 5.41) is 12.9. The second-order valence-corrected chi connectivity index (χ2v) is 5.15. The summed E-state index contributed by atoms with van der Waals surface area (Å²) in [5.74, 6) is -0.323. The number of Topliss-reactive ketones (excluding diaryl/α,β-unsaturated/α-hetero) is 1. The molecule has 0 saturated carbocycles. The van der Waals surface area contributed by atoms with Crippen LogP contribution in [0, 0.1) is 0 Å². The predicted molar refractivity (Wildman–Crippen MR) is 91.1 cm³/mol. The molecule has 1 aromatic carbocycles. The molecule has 3 N–H and O–H groups in total. The number of rotatable bonds is 9. The molecule has 0 spiro atoms. The number of ether oxygens (including phenoxy) is 2. The fourth-order valence-corrected chi connectivity index (χ4v) is 2.30. The Morgan fingerprint density at radius 1 is 1.25 bits per heavy atom. The van der Waals surface area contributed by atoms with E-state index in [1.54, 1.807) is 18.2 Å². The zero-order chi connectivity index (χ0) is 17.5. The van der Waals surface area contributed by atoms with Gasteiger partial charge in [0, 0.05) is 24.3 Å². The van der Waals surface area contributed by atoms with Crippen molar-refractivity contribution in [1.82, 2.24) is 4.98 Å². The van der Waals surface area contributed by atoms with E-state index < -0.39 is 12.9 Å². The lowest BCUT2D eigenvalue weighted by Gasteiger charge is -2.17. The van der Waals surface area contributed by atoms with Crippen LogP contribution in [0.15, 0.2) is 29.1 Å². The van der Waals surface area contributed by atoms with Crippen LogP contribution in [0.4, 0.5) is 5.69 Å². The van der Waals surface area contributed by atoms with Gasteiger partial charge in [0.05, 0.1) is 12.2 Å². The SMILES string of the molecule is CCOC(OCC)c1cc2ccc(NCC(=O)CO)cc2c(=O)[nH]1. The van der Waals surface area contributed by atoms with Gasteiger partial charge in [-0.15, -0.1) is 0 Å². The second-order valence-electron chi connectivity index (χ2n) is 5.15. The maximum absolute atomic E-state index is 12.4. The van der Waals surface area contributed by atoms with E-state index in [1.165, 1.54) is 0 Å². The van der Waals surface area contributed by atoms with Crippen molar-refractivity contribution in [2.24, 2.45) is 0 Å². The van der Waals surface area contributed by atoms with E-state index in [9.17, 15) is 9.59 Å². The molecule has 0 aliphatic heterocycles. The monoisotopic (exact) mass is 334 g/mol. The molecule has 2 rings (SSSR count). The van der Waals surface area contributed by atoms with Gasteiger partial charge in [0.15, 0.2) is 12.1 Å². The third-order valence-corrected chi connectivity index (χ3v) is 3.42. The van der Waals surface area contributed by atoms with Crippen molar-refractivity contribution in [1.29, 1.82) is 0 Å². The lowest BCUT2D eigenvalue weighted by molar-refractivity contribution is -0.142. The Kier molecular flexibility index (Phi) is 6.48. The molecule has 0 saturated heterocycles. The number of ketones is 1. The van der Waals surface area contributed by atoms with Gasteiger partial charge in [-0.05, 0) is 37.4 Å². The minimum Gasteiger partial charge on any atom is -0.389 e. The molecule has 0 atom stereocenters. The zero-order valence-electron chi connectivity index (χ0n) is 13.8. The number of carbonyl (C=O) groups is 1. The van der Waals surface area contributed by atoms with Gasteiger partial charge >= 0.3 is 0 Å². The van der Waals surface area contributed by atoms with Crippen LogP contribution in [0.2, 0.25) is 0 Å². The smallest absolute Gasteiger partial charge is 0.256 e. The summed E-state index contributed by atoms with van der Waals surface area (Å²) in [6.07, 6.45) is -0.614. The minimum absolute atomic E-state index is 0.00868. The van der Waals surface area contributed by atoms with E-state index in [4.69, 9.17) is 14.6 Å². The highest BCUT2D eigenvalue weighted by atomic mass is 16.7. The summed E-state index contributed by atoms with van der Waals surface area (Å²) in [4.78, 5) is 26.3. The van der Waals surface area contributed by atoms with Crippen molar-refractivity contribution in [3.05, 3.63) is 40.3 Å². The Morgan fingerprint density at radius 2 is 1.96 bits per heavy atom. The zero-order valence-corrected chi connectivity index (χ0v) is 13.8. The molecule has 0 fully saturated rings. The number of carbonyl (C=O) groups excluding carboxylic acids is 1. The Hall–Kier alpha value is -2.22. The molecule has 1 aromatic heterocycles. The number of fused-ring (bicyclic) bond motifs is 1. The maximum Gasteiger partial charge on any atom is 0.256 e. The Bertz CT molecular complexity index is 750. The van der Waals surface area contributed by atoms with Crippen molar-refractivity contribution >= 4 is 22.2 Å². The first kappa shape index (κ1) is 18.1. The highest BCUT2D eigenvalue weighted by molar-refractivity contribution is 5.87. The molecule has 130 valence electrons. The number of anilines is 1. The highest BCUT2D eigenvalue weighted by Crippen LogP contribution is 2.21. The largest absolute Gasteiger partial charge is 0.389 e. The second kappa shape index (κ2) is 8.58. The highest BCUT2D eigenvalue weighted by Gasteiger charge is 2.14. The number of aliphatic hydroxyl groups excluding tert-OH is 1. The van der Waals surface area contributed by atoms with Gasteiger partial charge in [-0.25, -0.2) is 0 Å². The van der Waals surface area contributed by atoms with Gasteiger partial charge in [-0.1, -0.05) is 6.07 Å². The molecule has 24 heavy (non-hydrogen) atoms. The first-order valence-corrected chi connectivity index (χ1v) is 7.85. The number of hydrogen-bond donors (Lipinski definition) is 3. The average molecular weight is 334 g/mol. The molecule has 7 nitrogen and oxygen atoms in total. The number of aliphatic hydroxyl groups is 1. The van der Waals surface area contributed by atoms with Gasteiger partial charge in [0.1, 0.15) is 6.61 Å². The summed E-state index contributed by atoms with van der Waals surface area (Å²) >= 11 is 0. The van der Waals surface area contributed by atoms with Gasteiger partial charge in [0.25, 0.3) is 5.56 Å². The molecule has 0 radical (unpaired) electrons. The van der Waals surface area contributed by atoms with E-state index in [0.717, 1.165) is 5.39 Å². The predicted octanol–water partition coefficient (Wildman–Crippen LogP) is 1.57. The molecule has 0 bridgehead atoms. The van der Waals surface area contributed by atoms with E-state index in [1.807, 2.05) is 19.9 Å². The topological polar surface area (TPSA) is 101 Å². The van der Waals surface area contributed by atoms with Gasteiger partial charge in [-0.2, -0.15) is 0 Å². The minimum atomic E-state index is -0.614. The van der Waals surface area contributed by atoms with Crippen LogP contribution in [-0.2, 0) is 14.3 Å². The molecular weight excluding hydrogens is 312 g/mol. The summed E-state index contributed by atoms with van der Waals surface area (Å²) in [6, 6.07) is 7.04. The molecule has 0 amide bonds. The lowest BCUT2D eigenvalue weighted by atomic mass is 10.1. The molecule has 0 aliphatic carbocycles. The Morgan fingerprint density at radius 3 is 2.58 bits per heavy atom. The van der Waals surface area contributed by atoms with E-state index in [2.05, 4.69) is 10.3 Å². The Balaban J connectivity index is 2.31. The van der Waals surface area contributed by atoms with Crippen molar-refractivity contribution in [2.75, 3.05) is 31.7 Å². The number of aromatic amines is 1. The van der Waals surface area contributed by atoms with E-state index in [-0.39, 0.29) is 17.9 Å². The van der Waals surface area contributed by atoms with Crippen molar-refractivity contribution < 1.29 is 19.4 Å². The maximum atomic E-state index is 12.4.